The number of hydrogen-bond donors (Lipinski definition) is 1. The zero-order chi connectivity index (χ0) is 17.1. The molecule has 2 aromatic heterocycles. The summed E-state index contributed by atoms with van der Waals surface area (Å²) in [6, 6.07) is 4.26. The molecule has 0 aliphatic heterocycles. The van der Waals surface area contributed by atoms with Crippen molar-refractivity contribution in [2.24, 2.45) is 0 Å². The van der Waals surface area contributed by atoms with E-state index in [-0.39, 0.29) is 16.5 Å². The first-order valence-electron chi connectivity index (χ1n) is 7.09. The van der Waals surface area contributed by atoms with Gasteiger partial charge in [0.05, 0.1) is 21.4 Å². The Hall–Kier alpha value is -1.77. The fraction of sp³-hybridized carbons (Fsp3) is 0.200. The van der Waals surface area contributed by atoms with Gasteiger partial charge in [-0.15, -0.1) is 0 Å². The Kier molecular flexibility index (Phi) is 5.27. The van der Waals surface area contributed by atoms with E-state index < -0.39 is 5.91 Å². The maximum atomic E-state index is 13.2. The van der Waals surface area contributed by atoms with E-state index in [0.717, 1.165) is 12.2 Å². The second-order valence-electron chi connectivity index (χ2n) is 4.78. The number of amides is 1. The summed E-state index contributed by atoms with van der Waals surface area (Å²) in [6.45, 7) is 2.05. The molecule has 0 atom stereocenters. The van der Waals surface area contributed by atoms with Gasteiger partial charge in [0.15, 0.2) is 16.0 Å². The van der Waals surface area contributed by atoms with Crippen molar-refractivity contribution in [1.29, 1.82) is 0 Å². The average Bonchev–Trinajstić information content (AvgIpc) is 2.95. The molecule has 3 aromatic rings. The van der Waals surface area contributed by atoms with Crippen LogP contribution in [0.5, 0.6) is 0 Å². The number of nitrogens with one attached hydrogen (secondary N) is 1. The van der Waals surface area contributed by atoms with Crippen LogP contribution in [-0.4, -0.2) is 26.6 Å². The normalized spacial score (nSPS) is 11.0. The SMILES string of the molecule is CCCSc1ncc(Cl)c(C(=O)Nc2nc3ccc(F)cc3s2)n1. The molecule has 9 heteroatoms. The molecule has 0 bridgehead atoms. The Labute approximate surface area is 150 Å². The van der Waals surface area contributed by atoms with Crippen molar-refractivity contribution < 1.29 is 9.18 Å². The smallest absolute Gasteiger partial charge is 0.277 e. The van der Waals surface area contributed by atoms with Crippen LogP contribution in [0, 0.1) is 5.82 Å². The van der Waals surface area contributed by atoms with Crippen LogP contribution >= 0.6 is 34.7 Å². The number of carbonyl (C=O) groups excluding carboxylic acids is 1. The lowest BCUT2D eigenvalue weighted by molar-refractivity contribution is 0.102. The molecule has 0 aliphatic rings. The third-order valence-electron chi connectivity index (χ3n) is 2.94. The summed E-state index contributed by atoms with van der Waals surface area (Å²) in [5, 5.41) is 3.68. The molecular weight excluding hydrogens is 371 g/mol. The zero-order valence-corrected chi connectivity index (χ0v) is 14.9. The number of nitrogens with zero attached hydrogens (tertiary/aromatic N) is 3. The number of carbonyl (C=O) groups is 1. The third-order valence-corrected chi connectivity index (χ3v) is 5.22. The Morgan fingerprint density at radius 2 is 2.25 bits per heavy atom. The highest BCUT2D eigenvalue weighted by Crippen LogP contribution is 2.27. The van der Waals surface area contributed by atoms with Crippen LogP contribution in [0.4, 0.5) is 9.52 Å². The molecule has 0 saturated carbocycles. The molecular formula is C15H12ClFN4OS2. The van der Waals surface area contributed by atoms with Gasteiger partial charge in [0.25, 0.3) is 5.91 Å². The second-order valence-corrected chi connectivity index (χ2v) is 7.28. The topological polar surface area (TPSA) is 67.8 Å². The average molecular weight is 383 g/mol. The maximum absolute atomic E-state index is 13.2. The van der Waals surface area contributed by atoms with Gasteiger partial charge in [0, 0.05) is 5.75 Å². The first kappa shape index (κ1) is 17.1. The number of aromatic nitrogens is 3. The summed E-state index contributed by atoms with van der Waals surface area (Å²) in [6.07, 6.45) is 2.38. The highest BCUT2D eigenvalue weighted by Gasteiger charge is 2.16. The lowest BCUT2D eigenvalue weighted by atomic mass is 10.3. The maximum Gasteiger partial charge on any atom is 0.277 e. The first-order valence-corrected chi connectivity index (χ1v) is 9.27. The molecule has 1 amide bonds. The van der Waals surface area contributed by atoms with Crippen molar-refractivity contribution in [2.75, 3.05) is 11.1 Å². The van der Waals surface area contributed by atoms with E-state index in [9.17, 15) is 9.18 Å². The van der Waals surface area contributed by atoms with Gasteiger partial charge in [-0.2, -0.15) is 0 Å². The van der Waals surface area contributed by atoms with Crippen molar-refractivity contribution in [1.82, 2.24) is 15.0 Å². The monoisotopic (exact) mass is 382 g/mol. The minimum atomic E-state index is -0.472. The molecule has 0 fully saturated rings. The molecule has 2 heterocycles. The van der Waals surface area contributed by atoms with Crippen molar-refractivity contribution >= 4 is 56.0 Å². The van der Waals surface area contributed by atoms with E-state index in [2.05, 4.69) is 20.3 Å². The number of halogens is 2. The summed E-state index contributed by atoms with van der Waals surface area (Å²) in [7, 11) is 0. The molecule has 0 unspecified atom stereocenters. The predicted octanol–water partition coefficient (Wildman–Crippen LogP) is 4.63. The van der Waals surface area contributed by atoms with Crippen molar-refractivity contribution in [3.8, 4) is 0 Å². The molecule has 24 heavy (non-hydrogen) atoms. The van der Waals surface area contributed by atoms with Crippen LogP contribution in [-0.2, 0) is 0 Å². The molecule has 1 aromatic carbocycles. The first-order chi connectivity index (χ1) is 11.6. The van der Waals surface area contributed by atoms with Gasteiger partial charge in [-0.1, -0.05) is 41.6 Å². The third kappa shape index (κ3) is 3.82. The van der Waals surface area contributed by atoms with Crippen LogP contribution < -0.4 is 5.32 Å². The number of fused-ring (bicyclic) bond motifs is 1. The predicted molar refractivity (Wildman–Crippen MR) is 95.6 cm³/mol. The van der Waals surface area contributed by atoms with Crippen LogP contribution in [0.25, 0.3) is 10.2 Å². The molecule has 124 valence electrons. The highest BCUT2D eigenvalue weighted by atomic mass is 35.5. The lowest BCUT2D eigenvalue weighted by Gasteiger charge is -2.05. The van der Waals surface area contributed by atoms with Gasteiger partial charge in [-0.3, -0.25) is 10.1 Å². The zero-order valence-electron chi connectivity index (χ0n) is 12.5. The van der Waals surface area contributed by atoms with E-state index in [0.29, 0.717) is 20.5 Å². The van der Waals surface area contributed by atoms with E-state index in [1.807, 2.05) is 6.92 Å². The Bertz CT molecular complexity index is 902. The number of rotatable bonds is 5. The van der Waals surface area contributed by atoms with Gasteiger partial charge < -0.3 is 0 Å². The number of hydrogen-bond acceptors (Lipinski definition) is 6. The van der Waals surface area contributed by atoms with E-state index in [4.69, 9.17) is 11.6 Å². The molecule has 3 rings (SSSR count). The summed E-state index contributed by atoms with van der Waals surface area (Å²) >= 11 is 8.67. The van der Waals surface area contributed by atoms with E-state index >= 15 is 0 Å². The molecule has 5 nitrogen and oxygen atoms in total. The fourth-order valence-corrected chi connectivity index (χ4v) is 3.61. The largest absolute Gasteiger partial charge is 0.296 e. The second kappa shape index (κ2) is 7.42. The van der Waals surface area contributed by atoms with Crippen LogP contribution in [0.2, 0.25) is 5.02 Å². The van der Waals surface area contributed by atoms with Gasteiger partial charge in [-0.05, 0) is 24.6 Å². The van der Waals surface area contributed by atoms with Gasteiger partial charge in [-0.25, -0.2) is 19.3 Å². The standard InChI is InChI=1S/C15H12ClFN4OS2/c1-2-5-23-14-18-7-9(16)12(20-14)13(22)21-15-19-10-4-3-8(17)6-11(10)24-15/h3-4,6-7H,2,5H2,1H3,(H,19,21,22). The number of benzene rings is 1. The minimum absolute atomic E-state index is 0.0932. The molecule has 0 spiro atoms. The quantitative estimate of drug-likeness (QED) is 0.514. The molecule has 1 N–H and O–H groups in total. The Morgan fingerprint density at radius 1 is 1.42 bits per heavy atom. The Morgan fingerprint density at radius 3 is 3.04 bits per heavy atom. The summed E-state index contributed by atoms with van der Waals surface area (Å²) < 4.78 is 13.9. The summed E-state index contributed by atoms with van der Waals surface area (Å²) in [5.41, 5.74) is 0.709. The van der Waals surface area contributed by atoms with Crippen molar-refractivity contribution in [3.05, 3.63) is 40.9 Å². The van der Waals surface area contributed by atoms with Crippen LogP contribution in [0.1, 0.15) is 23.8 Å². The number of anilines is 1. The number of thiazole rings is 1. The fourth-order valence-electron chi connectivity index (χ4n) is 1.88. The summed E-state index contributed by atoms with van der Waals surface area (Å²) in [4.78, 5) is 24.9. The van der Waals surface area contributed by atoms with Gasteiger partial charge in [0.2, 0.25) is 0 Å². The van der Waals surface area contributed by atoms with Crippen molar-refractivity contribution in [3.63, 3.8) is 0 Å². The molecule has 0 saturated heterocycles. The van der Waals surface area contributed by atoms with Crippen LogP contribution in [0.15, 0.2) is 29.6 Å². The molecule has 0 radical (unpaired) electrons. The highest BCUT2D eigenvalue weighted by molar-refractivity contribution is 7.99. The van der Waals surface area contributed by atoms with Gasteiger partial charge in [0.1, 0.15) is 5.82 Å². The van der Waals surface area contributed by atoms with Crippen molar-refractivity contribution in [2.45, 2.75) is 18.5 Å². The van der Waals surface area contributed by atoms with Crippen LogP contribution in [0.3, 0.4) is 0 Å². The minimum Gasteiger partial charge on any atom is -0.296 e. The lowest BCUT2D eigenvalue weighted by Crippen LogP contribution is -2.15. The molecule has 0 aliphatic carbocycles. The van der Waals surface area contributed by atoms with E-state index in [1.165, 1.54) is 41.4 Å². The Balaban J connectivity index is 1.82. The van der Waals surface area contributed by atoms with Gasteiger partial charge >= 0.3 is 0 Å². The summed E-state index contributed by atoms with van der Waals surface area (Å²) in [5.74, 6) is 0.0345. The number of thioether (sulfide) groups is 1. The van der Waals surface area contributed by atoms with E-state index in [1.54, 1.807) is 6.07 Å².